The van der Waals surface area contributed by atoms with E-state index in [4.69, 9.17) is 0 Å². The molecular weight excluding hydrogens is 325 g/mol. The van der Waals surface area contributed by atoms with E-state index in [-0.39, 0.29) is 0 Å². The summed E-state index contributed by atoms with van der Waals surface area (Å²) in [6, 6.07) is -0.0880. The van der Waals surface area contributed by atoms with Crippen molar-refractivity contribution in [1.29, 1.82) is 0 Å². The average molecular weight is 346 g/mol. The summed E-state index contributed by atoms with van der Waals surface area (Å²) in [4.78, 5) is 27.4. The lowest BCUT2D eigenvalue weighted by Gasteiger charge is -2.30. The predicted octanol–water partition coefficient (Wildman–Crippen LogP) is 2.25. The van der Waals surface area contributed by atoms with Crippen LogP contribution >= 0.6 is 0 Å². The molecule has 0 bridgehead atoms. The van der Waals surface area contributed by atoms with Crippen LogP contribution in [0.15, 0.2) is 17.1 Å². The van der Waals surface area contributed by atoms with Crippen molar-refractivity contribution >= 4 is 11.7 Å². The van der Waals surface area contributed by atoms with E-state index in [1.54, 1.807) is 0 Å². The number of hydrogen-bond donors (Lipinski definition) is 3. The molecule has 9 heteroatoms. The van der Waals surface area contributed by atoms with Crippen LogP contribution in [-0.2, 0) is 6.18 Å². The van der Waals surface area contributed by atoms with Crippen LogP contribution in [0, 0.1) is 5.92 Å². The van der Waals surface area contributed by atoms with Gasteiger partial charge in [0.15, 0.2) is 0 Å². The summed E-state index contributed by atoms with van der Waals surface area (Å²) in [5.74, 6) is 0.713. The molecule has 0 aromatic carbocycles. The molecule has 2 heterocycles. The fraction of sp³-hybridized carbons (Fsp3) is 0.600. The Balaban J connectivity index is 1.83. The summed E-state index contributed by atoms with van der Waals surface area (Å²) in [7, 11) is 0. The molecule has 24 heavy (non-hydrogen) atoms. The quantitative estimate of drug-likeness (QED) is 0.783. The summed E-state index contributed by atoms with van der Waals surface area (Å²) in [5.41, 5.74) is -2.25. The summed E-state index contributed by atoms with van der Waals surface area (Å²) in [6.07, 6.45) is -1.79. The second-order valence-electron chi connectivity index (χ2n) is 6.03. The molecule has 0 radical (unpaired) electrons. The van der Waals surface area contributed by atoms with Crippen LogP contribution in [0.3, 0.4) is 0 Å². The molecule has 134 valence electrons. The first-order valence-corrected chi connectivity index (χ1v) is 7.83. The van der Waals surface area contributed by atoms with E-state index >= 15 is 0 Å². The summed E-state index contributed by atoms with van der Waals surface area (Å²) in [6.45, 7) is 5.17. The van der Waals surface area contributed by atoms with Gasteiger partial charge in [0.05, 0.1) is 5.56 Å². The summed E-state index contributed by atoms with van der Waals surface area (Å²) >= 11 is 0. The van der Waals surface area contributed by atoms with Gasteiger partial charge in [-0.1, -0.05) is 6.92 Å². The third-order valence-electron chi connectivity index (χ3n) is 4.07. The van der Waals surface area contributed by atoms with Gasteiger partial charge in [-0.3, -0.25) is 4.79 Å². The highest BCUT2D eigenvalue weighted by atomic mass is 19.4. The average Bonchev–Trinajstić information content (AvgIpc) is 2.50. The minimum atomic E-state index is -4.59. The number of carbonyl (C=O) groups excluding carboxylic acids is 1. The number of anilines is 1. The van der Waals surface area contributed by atoms with Gasteiger partial charge in [-0.05, 0) is 37.9 Å². The number of aromatic nitrogens is 1. The van der Waals surface area contributed by atoms with Gasteiger partial charge in [0.2, 0.25) is 0 Å². The van der Waals surface area contributed by atoms with E-state index in [1.807, 2.05) is 4.98 Å². The highest BCUT2D eigenvalue weighted by Gasteiger charge is 2.31. The fourth-order valence-electron chi connectivity index (χ4n) is 2.52. The number of pyridine rings is 1. The van der Waals surface area contributed by atoms with E-state index < -0.39 is 29.0 Å². The molecule has 1 saturated heterocycles. The van der Waals surface area contributed by atoms with Gasteiger partial charge in [0.1, 0.15) is 5.69 Å². The number of hydrogen-bond acceptors (Lipinski definition) is 3. The number of aromatic amines is 1. The maximum atomic E-state index is 12.6. The minimum Gasteiger partial charge on any atom is -0.337 e. The van der Waals surface area contributed by atoms with Crippen LogP contribution in [0.2, 0.25) is 0 Å². The monoisotopic (exact) mass is 346 g/mol. The Bertz CT molecular complexity index is 622. The lowest BCUT2D eigenvalue weighted by Crippen LogP contribution is -2.40. The highest BCUT2D eigenvalue weighted by molar-refractivity contribution is 5.89. The number of carbonyl (C=O) groups is 1. The van der Waals surface area contributed by atoms with E-state index in [0.717, 1.165) is 25.9 Å². The van der Waals surface area contributed by atoms with Gasteiger partial charge in [0, 0.05) is 19.3 Å². The molecule has 0 unspecified atom stereocenters. The summed E-state index contributed by atoms with van der Waals surface area (Å²) in [5, 5.41) is 4.70. The number of nitrogens with one attached hydrogen (secondary N) is 3. The SMILES string of the molecule is CC1CCN(CCNC(=O)Nc2cc(C(F)(F)F)c[nH]c2=O)CC1. The molecule has 1 fully saturated rings. The van der Waals surface area contributed by atoms with Gasteiger partial charge < -0.3 is 20.5 Å². The zero-order chi connectivity index (χ0) is 17.7. The molecule has 6 nitrogen and oxygen atoms in total. The molecule has 1 aliphatic heterocycles. The first-order valence-electron chi connectivity index (χ1n) is 7.83. The Morgan fingerprint density at radius 1 is 1.38 bits per heavy atom. The molecule has 1 aromatic heterocycles. The van der Waals surface area contributed by atoms with Gasteiger partial charge in [0.25, 0.3) is 5.56 Å². The van der Waals surface area contributed by atoms with Gasteiger partial charge in [-0.2, -0.15) is 13.2 Å². The Morgan fingerprint density at radius 3 is 2.67 bits per heavy atom. The van der Waals surface area contributed by atoms with Gasteiger partial charge >= 0.3 is 12.2 Å². The lowest BCUT2D eigenvalue weighted by atomic mass is 9.99. The molecular formula is C15H21F3N4O2. The van der Waals surface area contributed by atoms with Crippen molar-refractivity contribution < 1.29 is 18.0 Å². The maximum absolute atomic E-state index is 12.6. The van der Waals surface area contributed by atoms with Crippen LogP contribution in [-0.4, -0.2) is 42.1 Å². The number of halogens is 3. The van der Waals surface area contributed by atoms with Crippen molar-refractivity contribution in [2.45, 2.75) is 25.9 Å². The van der Waals surface area contributed by atoms with Crippen molar-refractivity contribution in [3.8, 4) is 0 Å². The molecule has 3 N–H and O–H groups in total. The number of piperidine rings is 1. The molecule has 2 rings (SSSR count). The number of likely N-dealkylation sites (tertiary alicyclic amines) is 1. The molecule has 0 aliphatic carbocycles. The van der Waals surface area contributed by atoms with Crippen LogP contribution in [0.25, 0.3) is 0 Å². The smallest absolute Gasteiger partial charge is 0.337 e. The zero-order valence-electron chi connectivity index (χ0n) is 13.4. The number of amides is 2. The summed E-state index contributed by atoms with van der Waals surface area (Å²) < 4.78 is 37.9. The number of alkyl halides is 3. The van der Waals surface area contributed by atoms with Crippen molar-refractivity contribution in [1.82, 2.24) is 15.2 Å². The Hall–Kier alpha value is -2.03. The number of H-pyrrole nitrogens is 1. The van der Waals surface area contributed by atoms with Gasteiger partial charge in [-0.25, -0.2) is 4.79 Å². The molecule has 0 saturated carbocycles. The van der Waals surface area contributed by atoms with Crippen molar-refractivity contribution in [2.75, 3.05) is 31.5 Å². The zero-order valence-corrected chi connectivity index (χ0v) is 13.4. The van der Waals surface area contributed by atoms with E-state index in [0.29, 0.717) is 31.3 Å². The predicted molar refractivity (Wildman–Crippen MR) is 83.9 cm³/mol. The topological polar surface area (TPSA) is 77.2 Å². The normalized spacial score (nSPS) is 16.8. The van der Waals surface area contributed by atoms with Crippen molar-refractivity contribution in [3.05, 3.63) is 28.2 Å². The largest absolute Gasteiger partial charge is 0.417 e. The van der Waals surface area contributed by atoms with Crippen LogP contribution in [0.5, 0.6) is 0 Å². The van der Waals surface area contributed by atoms with Crippen LogP contribution in [0.4, 0.5) is 23.7 Å². The standard InChI is InChI=1S/C15H21F3N4O2/c1-10-2-5-22(6-3-10)7-4-19-14(24)21-12-8-11(15(16,17)18)9-20-13(12)23/h8-10H,2-7H2,1H3,(H,20,23)(H2,19,21,24). The second kappa shape index (κ2) is 7.69. The second-order valence-corrected chi connectivity index (χ2v) is 6.03. The minimum absolute atomic E-state index is 0.358. The number of urea groups is 1. The van der Waals surface area contributed by atoms with Crippen molar-refractivity contribution in [2.24, 2.45) is 5.92 Å². The maximum Gasteiger partial charge on any atom is 0.417 e. The molecule has 1 aromatic rings. The Morgan fingerprint density at radius 2 is 2.04 bits per heavy atom. The Labute approximate surface area is 137 Å². The first kappa shape index (κ1) is 18.3. The third-order valence-corrected chi connectivity index (χ3v) is 4.07. The highest BCUT2D eigenvalue weighted by Crippen LogP contribution is 2.29. The number of nitrogens with zero attached hydrogens (tertiary/aromatic N) is 1. The van der Waals surface area contributed by atoms with Gasteiger partial charge in [-0.15, -0.1) is 0 Å². The lowest BCUT2D eigenvalue weighted by molar-refractivity contribution is -0.137. The Kier molecular flexibility index (Phi) is 5.87. The molecule has 1 aliphatic rings. The van der Waals surface area contributed by atoms with E-state index in [2.05, 4.69) is 22.5 Å². The third kappa shape index (κ3) is 5.26. The fourth-order valence-corrected chi connectivity index (χ4v) is 2.52. The molecule has 0 atom stereocenters. The van der Waals surface area contributed by atoms with Crippen LogP contribution in [0.1, 0.15) is 25.3 Å². The molecule has 0 spiro atoms. The van der Waals surface area contributed by atoms with E-state index in [9.17, 15) is 22.8 Å². The number of rotatable bonds is 4. The van der Waals surface area contributed by atoms with Crippen LogP contribution < -0.4 is 16.2 Å². The molecule has 2 amide bonds. The van der Waals surface area contributed by atoms with E-state index in [1.165, 1.54) is 0 Å². The van der Waals surface area contributed by atoms with Crippen molar-refractivity contribution in [3.63, 3.8) is 0 Å². The first-order chi connectivity index (χ1) is 11.3.